The van der Waals surface area contributed by atoms with Crippen LogP contribution >= 0.6 is 0 Å². The maximum atomic E-state index is 13.5. The van der Waals surface area contributed by atoms with Crippen molar-refractivity contribution in [2.75, 3.05) is 24.6 Å². The Balaban J connectivity index is 1.67. The van der Waals surface area contributed by atoms with Gasteiger partial charge in [0.15, 0.2) is 5.82 Å². The third-order valence-corrected chi connectivity index (χ3v) is 4.42. The quantitative estimate of drug-likeness (QED) is 0.717. The lowest BCUT2D eigenvalue weighted by atomic mass is 10.1. The van der Waals surface area contributed by atoms with Gasteiger partial charge in [-0.25, -0.2) is 19.3 Å². The van der Waals surface area contributed by atoms with Gasteiger partial charge in [-0.3, -0.25) is 0 Å². The Morgan fingerprint density at radius 3 is 2.84 bits per heavy atom. The van der Waals surface area contributed by atoms with Crippen molar-refractivity contribution in [1.29, 1.82) is 0 Å². The minimum absolute atomic E-state index is 0.205. The molecule has 5 nitrogen and oxygen atoms in total. The number of halogens is 1. The van der Waals surface area contributed by atoms with Crippen LogP contribution in [0.3, 0.4) is 0 Å². The van der Waals surface area contributed by atoms with Gasteiger partial charge in [-0.1, -0.05) is 0 Å². The molecule has 0 bridgehead atoms. The summed E-state index contributed by atoms with van der Waals surface area (Å²) in [5.74, 6) is 1.18. The van der Waals surface area contributed by atoms with Crippen LogP contribution in [0.2, 0.25) is 0 Å². The summed E-state index contributed by atoms with van der Waals surface area (Å²) in [7, 11) is 0. The standard InChI is InChI=1S/C19H19FN4O/c1-12-11-24(7-8-25-12)18-6-3-14(10-21-18)19-22-13(2)16-5-4-15(20)9-17(16)23-19/h3-6,9-10,12H,7-8,11H2,1-2H3/t12-/m0/s1. The molecule has 2 aromatic heterocycles. The first kappa shape index (κ1) is 15.9. The second-order valence-corrected chi connectivity index (χ2v) is 6.33. The fourth-order valence-corrected chi connectivity index (χ4v) is 3.12. The zero-order chi connectivity index (χ0) is 17.4. The van der Waals surface area contributed by atoms with Gasteiger partial charge in [-0.2, -0.15) is 0 Å². The van der Waals surface area contributed by atoms with Crippen LogP contribution in [0.4, 0.5) is 10.2 Å². The summed E-state index contributed by atoms with van der Waals surface area (Å²) in [6, 6.07) is 8.51. The van der Waals surface area contributed by atoms with E-state index in [0.717, 1.165) is 35.6 Å². The number of rotatable bonds is 2. The summed E-state index contributed by atoms with van der Waals surface area (Å²) >= 11 is 0. The highest BCUT2D eigenvalue weighted by Gasteiger charge is 2.18. The first-order chi connectivity index (χ1) is 12.1. The lowest BCUT2D eigenvalue weighted by Crippen LogP contribution is -2.41. The number of aryl methyl sites for hydroxylation is 1. The van der Waals surface area contributed by atoms with Gasteiger partial charge in [0.2, 0.25) is 0 Å². The van der Waals surface area contributed by atoms with E-state index in [1.807, 2.05) is 19.1 Å². The summed E-state index contributed by atoms with van der Waals surface area (Å²) in [6.45, 7) is 6.34. The van der Waals surface area contributed by atoms with E-state index in [9.17, 15) is 4.39 Å². The van der Waals surface area contributed by atoms with Crippen LogP contribution in [-0.4, -0.2) is 40.8 Å². The summed E-state index contributed by atoms with van der Waals surface area (Å²) in [4.78, 5) is 15.8. The van der Waals surface area contributed by atoms with Gasteiger partial charge in [0.1, 0.15) is 11.6 Å². The number of aromatic nitrogens is 3. The highest BCUT2D eigenvalue weighted by Crippen LogP contribution is 2.23. The number of morpholine rings is 1. The largest absolute Gasteiger partial charge is 0.375 e. The van der Waals surface area contributed by atoms with E-state index in [0.29, 0.717) is 17.9 Å². The number of hydrogen-bond acceptors (Lipinski definition) is 5. The highest BCUT2D eigenvalue weighted by molar-refractivity contribution is 5.82. The zero-order valence-electron chi connectivity index (χ0n) is 14.2. The lowest BCUT2D eigenvalue weighted by molar-refractivity contribution is 0.0529. The number of nitrogens with zero attached hydrogens (tertiary/aromatic N) is 4. The van der Waals surface area contributed by atoms with Gasteiger partial charge >= 0.3 is 0 Å². The molecule has 4 rings (SSSR count). The smallest absolute Gasteiger partial charge is 0.161 e. The minimum atomic E-state index is -0.300. The van der Waals surface area contributed by atoms with Crippen LogP contribution < -0.4 is 4.90 Å². The minimum Gasteiger partial charge on any atom is -0.375 e. The Kier molecular flexibility index (Phi) is 4.05. The summed E-state index contributed by atoms with van der Waals surface area (Å²) < 4.78 is 19.1. The zero-order valence-corrected chi connectivity index (χ0v) is 14.2. The van der Waals surface area contributed by atoms with E-state index in [-0.39, 0.29) is 11.9 Å². The van der Waals surface area contributed by atoms with Crippen LogP contribution in [0.15, 0.2) is 36.5 Å². The van der Waals surface area contributed by atoms with Crippen LogP contribution in [0.25, 0.3) is 22.3 Å². The van der Waals surface area contributed by atoms with E-state index in [1.165, 1.54) is 12.1 Å². The fourth-order valence-electron chi connectivity index (χ4n) is 3.12. The number of fused-ring (bicyclic) bond motifs is 1. The monoisotopic (exact) mass is 338 g/mol. The first-order valence-corrected chi connectivity index (χ1v) is 8.37. The Bertz CT molecular complexity index is 913. The Morgan fingerprint density at radius 2 is 2.08 bits per heavy atom. The van der Waals surface area contributed by atoms with Gasteiger partial charge < -0.3 is 9.64 Å². The predicted octanol–water partition coefficient (Wildman–Crippen LogP) is 3.36. The summed E-state index contributed by atoms with van der Waals surface area (Å²) in [5.41, 5.74) is 2.25. The second kappa shape index (κ2) is 6.37. The van der Waals surface area contributed by atoms with Crippen molar-refractivity contribution in [3.05, 3.63) is 48.0 Å². The normalized spacial score (nSPS) is 17.9. The molecule has 0 spiro atoms. The maximum Gasteiger partial charge on any atom is 0.161 e. The summed E-state index contributed by atoms with van der Waals surface area (Å²) in [6.07, 6.45) is 1.98. The highest BCUT2D eigenvalue weighted by atomic mass is 19.1. The second-order valence-electron chi connectivity index (χ2n) is 6.33. The van der Waals surface area contributed by atoms with Crippen molar-refractivity contribution in [3.63, 3.8) is 0 Å². The number of ether oxygens (including phenoxy) is 1. The van der Waals surface area contributed by atoms with Gasteiger partial charge in [0.05, 0.1) is 18.2 Å². The molecular formula is C19H19FN4O. The number of anilines is 1. The molecule has 3 aromatic rings. The van der Waals surface area contributed by atoms with Crippen LogP contribution in [-0.2, 0) is 4.74 Å². The number of benzene rings is 1. The van der Waals surface area contributed by atoms with Crippen LogP contribution in [0, 0.1) is 12.7 Å². The van der Waals surface area contributed by atoms with Gasteiger partial charge in [0.25, 0.3) is 0 Å². The SMILES string of the molecule is Cc1nc(-c2ccc(N3CCO[C@@H](C)C3)nc2)nc2cc(F)ccc12. The molecule has 0 amide bonds. The molecule has 1 aliphatic heterocycles. The third-order valence-electron chi connectivity index (χ3n) is 4.42. The topological polar surface area (TPSA) is 51.1 Å². The van der Waals surface area contributed by atoms with Gasteiger partial charge in [-0.05, 0) is 38.1 Å². The van der Waals surface area contributed by atoms with E-state index < -0.39 is 0 Å². The molecule has 0 radical (unpaired) electrons. The molecule has 1 atom stereocenters. The fraction of sp³-hybridized carbons (Fsp3) is 0.316. The molecule has 0 unspecified atom stereocenters. The van der Waals surface area contributed by atoms with Gasteiger partial charge in [-0.15, -0.1) is 0 Å². The molecule has 3 heterocycles. The average Bonchev–Trinajstić information content (AvgIpc) is 2.61. The molecule has 0 saturated carbocycles. The van der Waals surface area contributed by atoms with Crippen LogP contribution in [0.5, 0.6) is 0 Å². The average molecular weight is 338 g/mol. The summed E-state index contributed by atoms with van der Waals surface area (Å²) in [5, 5.41) is 0.858. The van der Waals surface area contributed by atoms with Crippen molar-refractivity contribution >= 4 is 16.7 Å². The Hall–Kier alpha value is -2.60. The van der Waals surface area contributed by atoms with E-state index in [2.05, 4.69) is 26.8 Å². The molecule has 1 aliphatic rings. The third kappa shape index (κ3) is 3.17. The molecule has 1 saturated heterocycles. The number of pyridine rings is 1. The molecule has 0 aliphatic carbocycles. The van der Waals surface area contributed by atoms with Crippen molar-refractivity contribution in [2.24, 2.45) is 0 Å². The maximum absolute atomic E-state index is 13.5. The first-order valence-electron chi connectivity index (χ1n) is 8.37. The van der Waals surface area contributed by atoms with Crippen molar-refractivity contribution in [2.45, 2.75) is 20.0 Å². The predicted molar refractivity (Wildman–Crippen MR) is 95.1 cm³/mol. The van der Waals surface area contributed by atoms with E-state index in [4.69, 9.17) is 4.74 Å². The van der Waals surface area contributed by atoms with Crippen LogP contribution in [0.1, 0.15) is 12.6 Å². The molecule has 25 heavy (non-hydrogen) atoms. The van der Waals surface area contributed by atoms with E-state index >= 15 is 0 Å². The molecule has 0 N–H and O–H groups in total. The molecular weight excluding hydrogens is 319 g/mol. The lowest BCUT2D eigenvalue weighted by Gasteiger charge is -2.32. The van der Waals surface area contributed by atoms with Gasteiger partial charge in [0, 0.05) is 42.0 Å². The number of hydrogen-bond donors (Lipinski definition) is 0. The Morgan fingerprint density at radius 1 is 1.20 bits per heavy atom. The molecule has 6 heteroatoms. The molecule has 1 fully saturated rings. The Labute approximate surface area is 145 Å². The van der Waals surface area contributed by atoms with Crippen molar-refractivity contribution < 1.29 is 9.13 Å². The molecule has 1 aromatic carbocycles. The van der Waals surface area contributed by atoms with Crippen molar-refractivity contribution in [3.8, 4) is 11.4 Å². The molecule has 128 valence electrons. The van der Waals surface area contributed by atoms with Crippen molar-refractivity contribution in [1.82, 2.24) is 15.0 Å². The van der Waals surface area contributed by atoms with E-state index in [1.54, 1.807) is 12.3 Å².